The molecule has 1 saturated heterocycles. The van der Waals surface area contributed by atoms with Gasteiger partial charge in [0.1, 0.15) is 5.82 Å². The highest BCUT2D eigenvalue weighted by Crippen LogP contribution is 2.43. The van der Waals surface area contributed by atoms with Crippen molar-refractivity contribution in [3.8, 4) is 0 Å². The Morgan fingerprint density at radius 1 is 1.00 bits per heavy atom. The smallest absolute Gasteiger partial charge is 0.279 e. The van der Waals surface area contributed by atoms with E-state index in [9.17, 15) is 9.59 Å². The van der Waals surface area contributed by atoms with Crippen LogP contribution < -0.4 is 4.90 Å². The molecule has 2 aliphatic heterocycles. The molecule has 0 unspecified atom stereocenters. The molecular formula is C18H22ClN3O2S. The van der Waals surface area contributed by atoms with Crippen molar-refractivity contribution in [2.24, 2.45) is 0 Å². The molecular weight excluding hydrogens is 358 g/mol. The molecule has 0 aromatic heterocycles. The highest BCUT2D eigenvalue weighted by Gasteiger charge is 2.43. The number of amides is 4. The van der Waals surface area contributed by atoms with Gasteiger partial charge in [0, 0.05) is 28.4 Å². The number of imide groups is 1. The van der Waals surface area contributed by atoms with Crippen LogP contribution in [0.15, 0.2) is 34.3 Å². The van der Waals surface area contributed by atoms with E-state index in [1.807, 2.05) is 24.5 Å². The molecule has 1 aromatic rings. The van der Waals surface area contributed by atoms with Gasteiger partial charge in [-0.1, -0.05) is 50.1 Å². The molecule has 4 amide bonds. The summed E-state index contributed by atoms with van der Waals surface area (Å²) in [6.45, 7) is 5.17. The number of thioether (sulfide) groups is 1. The topological polar surface area (TPSA) is 43.9 Å². The fourth-order valence-electron chi connectivity index (χ4n) is 2.92. The minimum absolute atomic E-state index is 0.222. The first-order chi connectivity index (χ1) is 12.1. The Kier molecular flexibility index (Phi) is 5.59. The maximum atomic E-state index is 13.1. The number of benzene rings is 1. The Bertz CT molecular complexity index is 722. The molecule has 5 nitrogen and oxygen atoms in total. The number of urea groups is 2. The van der Waals surface area contributed by atoms with Gasteiger partial charge in [-0.25, -0.2) is 19.4 Å². The van der Waals surface area contributed by atoms with Gasteiger partial charge in [0.15, 0.2) is 0 Å². The molecule has 1 fully saturated rings. The van der Waals surface area contributed by atoms with Crippen LogP contribution in [0, 0.1) is 0 Å². The van der Waals surface area contributed by atoms with E-state index in [0.29, 0.717) is 23.9 Å². The average Bonchev–Trinajstić information content (AvgIpc) is 2.60. The molecule has 3 rings (SSSR count). The number of anilines is 1. The summed E-state index contributed by atoms with van der Waals surface area (Å²) in [5.74, 6) is 0.635. The normalized spacial score (nSPS) is 16.8. The predicted molar refractivity (Wildman–Crippen MR) is 102 cm³/mol. The molecule has 0 spiro atoms. The molecule has 0 N–H and O–H groups in total. The lowest BCUT2D eigenvalue weighted by molar-refractivity contribution is 0.153. The van der Waals surface area contributed by atoms with Crippen LogP contribution in [-0.4, -0.2) is 35.0 Å². The lowest BCUT2D eigenvalue weighted by atomic mass is 10.2. The van der Waals surface area contributed by atoms with Crippen molar-refractivity contribution in [2.75, 3.05) is 18.0 Å². The zero-order chi connectivity index (χ0) is 18.0. The minimum Gasteiger partial charge on any atom is -0.279 e. The van der Waals surface area contributed by atoms with E-state index in [1.54, 1.807) is 15.9 Å². The summed E-state index contributed by atoms with van der Waals surface area (Å²) in [5, 5.41) is 2.46. The lowest BCUT2D eigenvalue weighted by Crippen LogP contribution is -2.60. The van der Waals surface area contributed by atoms with E-state index in [0.717, 1.165) is 36.3 Å². The second-order valence-electron chi connectivity index (χ2n) is 6.12. The summed E-state index contributed by atoms with van der Waals surface area (Å²) in [6, 6.07) is 5.00. The molecule has 0 bridgehead atoms. The Labute approximate surface area is 157 Å². The zero-order valence-electron chi connectivity index (χ0n) is 14.5. The van der Waals surface area contributed by atoms with Crippen molar-refractivity contribution in [2.45, 2.75) is 44.4 Å². The molecule has 1 aromatic carbocycles. The van der Waals surface area contributed by atoms with Gasteiger partial charge in [-0.3, -0.25) is 4.90 Å². The second kappa shape index (κ2) is 7.70. The summed E-state index contributed by atoms with van der Waals surface area (Å²) >= 11 is 7.68. The van der Waals surface area contributed by atoms with Crippen molar-refractivity contribution < 1.29 is 9.59 Å². The van der Waals surface area contributed by atoms with Crippen LogP contribution in [0.3, 0.4) is 0 Å². The van der Waals surface area contributed by atoms with Crippen LogP contribution in [0.2, 0.25) is 5.02 Å². The Morgan fingerprint density at radius 3 is 2.36 bits per heavy atom. The molecule has 2 heterocycles. The lowest BCUT2D eigenvalue weighted by Gasteiger charge is -2.44. The fraction of sp³-hybridized carbons (Fsp3) is 0.444. The molecule has 7 heteroatoms. The van der Waals surface area contributed by atoms with Crippen LogP contribution in [0.4, 0.5) is 15.3 Å². The van der Waals surface area contributed by atoms with Crippen molar-refractivity contribution >= 4 is 41.1 Å². The zero-order valence-corrected chi connectivity index (χ0v) is 16.1. The maximum absolute atomic E-state index is 13.1. The van der Waals surface area contributed by atoms with E-state index in [2.05, 4.69) is 6.92 Å². The standard InChI is InChI=1S/C18H22ClN3O2S/c1-3-5-9-20-16-12-25-15-8-7-13(19)11-14(15)22(16)18(24)21(17(20)23)10-6-4-2/h7-8,11-12H,3-6,9-10H2,1-2H3. The molecule has 25 heavy (non-hydrogen) atoms. The van der Waals surface area contributed by atoms with E-state index < -0.39 is 0 Å². The Hall–Kier alpha value is -1.66. The third-order valence-corrected chi connectivity index (χ3v) is 5.48. The van der Waals surface area contributed by atoms with Crippen LogP contribution in [0.25, 0.3) is 0 Å². The first-order valence-electron chi connectivity index (χ1n) is 8.68. The molecule has 134 valence electrons. The van der Waals surface area contributed by atoms with Gasteiger partial charge >= 0.3 is 12.1 Å². The minimum atomic E-state index is -0.290. The average molecular weight is 380 g/mol. The highest BCUT2D eigenvalue weighted by atomic mass is 35.5. The van der Waals surface area contributed by atoms with Gasteiger partial charge in [-0.2, -0.15) is 0 Å². The number of rotatable bonds is 6. The van der Waals surface area contributed by atoms with Gasteiger partial charge in [0.05, 0.1) is 5.69 Å². The molecule has 0 saturated carbocycles. The third-order valence-electron chi connectivity index (χ3n) is 4.31. The van der Waals surface area contributed by atoms with E-state index >= 15 is 0 Å². The number of unbranched alkanes of at least 4 members (excludes halogenated alkanes) is 2. The van der Waals surface area contributed by atoms with Crippen LogP contribution in [0.5, 0.6) is 0 Å². The molecule has 0 aliphatic carbocycles. The van der Waals surface area contributed by atoms with Crippen LogP contribution in [0.1, 0.15) is 39.5 Å². The number of carbonyl (C=O) groups is 2. The van der Waals surface area contributed by atoms with Crippen molar-refractivity contribution in [1.82, 2.24) is 9.80 Å². The van der Waals surface area contributed by atoms with Gasteiger partial charge in [0.2, 0.25) is 0 Å². The maximum Gasteiger partial charge on any atom is 0.338 e. The van der Waals surface area contributed by atoms with Crippen molar-refractivity contribution in [3.63, 3.8) is 0 Å². The predicted octanol–water partition coefficient (Wildman–Crippen LogP) is 5.51. The number of hydrogen-bond donors (Lipinski definition) is 0. The largest absolute Gasteiger partial charge is 0.338 e. The quantitative estimate of drug-likeness (QED) is 0.654. The second-order valence-corrected chi connectivity index (χ2v) is 7.46. The Morgan fingerprint density at radius 2 is 1.68 bits per heavy atom. The van der Waals surface area contributed by atoms with Gasteiger partial charge in [0.25, 0.3) is 0 Å². The number of halogens is 1. The van der Waals surface area contributed by atoms with Crippen molar-refractivity contribution in [3.05, 3.63) is 34.5 Å². The third kappa shape index (κ3) is 3.37. The van der Waals surface area contributed by atoms with Crippen molar-refractivity contribution in [1.29, 1.82) is 0 Å². The first-order valence-corrected chi connectivity index (χ1v) is 9.93. The number of fused-ring (bicyclic) bond motifs is 3. The van der Waals surface area contributed by atoms with E-state index in [1.165, 1.54) is 16.7 Å². The first kappa shape index (κ1) is 18.1. The Balaban J connectivity index is 2.02. The van der Waals surface area contributed by atoms with Gasteiger partial charge in [-0.05, 0) is 31.0 Å². The van der Waals surface area contributed by atoms with Crippen LogP contribution >= 0.6 is 23.4 Å². The summed E-state index contributed by atoms with van der Waals surface area (Å²) in [6.07, 6.45) is 3.59. The van der Waals surface area contributed by atoms with E-state index in [-0.39, 0.29) is 12.1 Å². The summed E-state index contributed by atoms with van der Waals surface area (Å²) in [5.41, 5.74) is 0.746. The molecule has 2 aliphatic rings. The molecule has 0 atom stereocenters. The van der Waals surface area contributed by atoms with Gasteiger partial charge < -0.3 is 0 Å². The fourth-order valence-corrected chi connectivity index (χ4v) is 3.97. The number of nitrogens with zero attached hydrogens (tertiary/aromatic N) is 3. The monoisotopic (exact) mass is 379 g/mol. The van der Waals surface area contributed by atoms with E-state index in [4.69, 9.17) is 11.6 Å². The highest BCUT2D eigenvalue weighted by molar-refractivity contribution is 8.02. The SMILES string of the molecule is CCCCN1C(=O)N(CCCC)C2=CSc3ccc(Cl)cc3N2C1=O. The summed E-state index contributed by atoms with van der Waals surface area (Å²) in [4.78, 5) is 31.7. The van der Waals surface area contributed by atoms with Crippen LogP contribution in [-0.2, 0) is 0 Å². The molecule has 0 radical (unpaired) electrons. The summed E-state index contributed by atoms with van der Waals surface area (Å²) < 4.78 is 0. The number of hydrogen-bond acceptors (Lipinski definition) is 3. The van der Waals surface area contributed by atoms with Gasteiger partial charge in [-0.15, -0.1) is 0 Å². The number of carbonyl (C=O) groups excluding carboxylic acids is 2. The summed E-state index contributed by atoms with van der Waals surface area (Å²) in [7, 11) is 0.